The molecule has 0 amide bonds. The van der Waals surface area contributed by atoms with Gasteiger partial charge in [0.15, 0.2) is 17.3 Å². The number of benzene rings is 1. The molecule has 8 heteroatoms. The van der Waals surface area contributed by atoms with Crippen molar-refractivity contribution in [2.75, 3.05) is 10.8 Å². The third-order valence-electron chi connectivity index (χ3n) is 2.39. The normalized spacial score (nSPS) is 9.89. The summed E-state index contributed by atoms with van der Waals surface area (Å²) in [6.45, 7) is 0. The second kappa shape index (κ2) is 5.16. The minimum atomic E-state index is -0.368. The van der Waals surface area contributed by atoms with Crippen molar-refractivity contribution in [1.29, 1.82) is 10.7 Å². The van der Waals surface area contributed by atoms with Crippen molar-refractivity contribution in [3.63, 3.8) is 0 Å². The molecule has 1 heterocycles. The largest absolute Gasteiger partial charge is 0.379 e. The Morgan fingerprint density at radius 3 is 2.95 bits per heavy atom. The van der Waals surface area contributed by atoms with Gasteiger partial charge in [-0.05, 0) is 28.0 Å². The number of nitrogens with one attached hydrogen (secondary N) is 1. The predicted molar refractivity (Wildman–Crippen MR) is 65.6 cm³/mol. The highest BCUT2D eigenvalue weighted by molar-refractivity contribution is 6.07. The lowest BCUT2D eigenvalue weighted by molar-refractivity contribution is 0.300. The Morgan fingerprint density at radius 2 is 2.32 bits per heavy atom. The van der Waals surface area contributed by atoms with E-state index in [0.717, 1.165) is 5.56 Å². The summed E-state index contributed by atoms with van der Waals surface area (Å²) in [7, 11) is 0. The van der Waals surface area contributed by atoms with Gasteiger partial charge < -0.3 is 5.73 Å². The molecular weight excluding hydrogens is 248 g/mol. The molecule has 2 aromatic rings. The zero-order valence-electron chi connectivity index (χ0n) is 9.74. The number of nitrogen functional groups attached to an aromatic ring is 1. The van der Waals surface area contributed by atoms with Crippen LogP contribution in [0.5, 0.6) is 0 Å². The van der Waals surface area contributed by atoms with E-state index in [4.69, 9.17) is 16.4 Å². The molecule has 0 aliphatic rings. The number of nitrogens with two attached hydrogens (primary N) is 1. The Morgan fingerprint density at radius 1 is 1.53 bits per heavy atom. The van der Waals surface area contributed by atoms with Gasteiger partial charge in [0.1, 0.15) is 0 Å². The van der Waals surface area contributed by atoms with Gasteiger partial charge in [-0.25, -0.2) is 9.69 Å². The van der Waals surface area contributed by atoms with Gasteiger partial charge in [0.2, 0.25) is 0 Å². The first-order valence-corrected chi connectivity index (χ1v) is 5.25. The Labute approximate surface area is 108 Å². The van der Waals surface area contributed by atoms with Crippen molar-refractivity contribution in [1.82, 2.24) is 10.3 Å². The molecule has 4 N–H and O–H groups in total. The molecule has 0 unspecified atom stereocenters. The second-order valence-electron chi connectivity index (χ2n) is 3.66. The second-order valence-corrected chi connectivity index (χ2v) is 3.66. The standard InChI is InChI=1S/C11H10N6O2/c12-5-4-7-2-1-3-8(6-7)17(18)11(14)9-10(13)16-19-15-9/h1-3,6,14,18H,4H2,(H2,13,16). The number of nitriles is 1. The van der Waals surface area contributed by atoms with Crippen LogP contribution in [0.1, 0.15) is 11.3 Å². The van der Waals surface area contributed by atoms with Gasteiger partial charge in [-0.3, -0.25) is 10.6 Å². The molecule has 0 fully saturated rings. The number of aromatic nitrogens is 2. The number of nitrogens with zero attached hydrogens (tertiary/aromatic N) is 4. The number of hydrogen-bond acceptors (Lipinski definition) is 7. The number of rotatable bonds is 3. The van der Waals surface area contributed by atoms with Crippen molar-refractivity contribution in [3.8, 4) is 6.07 Å². The Balaban J connectivity index is 2.27. The van der Waals surface area contributed by atoms with Crippen molar-refractivity contribution >= 4 is 17.3 Å². The van der Waals surface area contributed by atoms with Gasteiger partial charge in [0, 0.05) is 0 Å². The molecule has 2 rings (SSSR count). The van der Waals surface area contributed by atoms with E-state index in [1.54, 1.807) is 24.3 Å². The summed E-state index contributed by atoms with van der Waals surface area (Å²) in [6.07, 6.45) is 0.211. The molecule has 0 radical (unpaired) electrons. The molecule has 1 aromatic heterocycles. The first kappa shape index (κ1) is 12.5. The number of anilines is 2. The lowest BCUT2D eigenvalue weighted by Crippen LogP contribution is -2.28. The minimum Gasteiger partial charge on any atom is -0.379 e. The van der Waals surface area contributed by atoms with E-state index in [9.17, 15) is 5.21 Å². The van der Waals surface area contributed by atoms with Crippen molar-refractivity contribution in [3.05, 3.63) is 35.5 Å². The van der Waals surface area contributed by atoms with Crippen LogP contribution in [0.3, 0.4) is 0 Å². The quantitative estimate of drug-likeness (QED) is 0.423. The lowest BCUT2D eigenvalue weighted by atomic mass is 10.1. The van der Waals surface area contributed by atoms with Crippen molar-refractivity contribution < 1.29 is 9.84 Å². The van der Waals surface area contributed by atoms with Gasteiger partial charge in [0.25, 0.3) is 0 Å². The monoisotopic (exact) mass is 258 g/mol. The van der Waals surface area contributed by atoms with Crippen LogP contribution >= 0.6 is 0 Å². The summed E-state index contributed by atoms with van der Waals surface area (Å²) < 4.78 is 4.37. The third-order valence-corrected chi connectivity index (χ3v) is 2.39. The van der Waals surface area contributed by atoms with Crippen LogP contribution in [0.4, 0.5) is 11.5 Å². The fourth-order valence-corrected chi connectivity index (χ4v) is 1.48. The van der Waals surface area contributed by atoms with Crippen molar-refractivity contribution in [2.24, 2.45) is 0 Å². The van der Waals surface area contributed by atoms with Crippen molar-refractivity contribution in [2.45, 2.75) is 6.42 Å². The van der Waals surface area contributed by atoms with Crippen LogP contribution < -0.4 is 10.8 Å². The fraction of sp³-hybridized carbons (Fsp3) is 0.0909. The smallest absolute Gasteiger partial charge is 0.199 e. The predicted octanol–water partition coefficient (Wildman–Crippen LogP) is 0.939. The van der Waals surface area contributed by atoms with Crippen LogP contribution in [0.25, 0.3) is 0 Å². The van der Waals surface area contributed by atoms with Gasteiger partial charge in [-0.2, -0.15) is 5.26 Å². The third kappa shape index (κ3) is 2.51. The van der Waals surface area contributed by atoms with Gasteiger partial charge in [-0.1, -0.05) is 12.1 Å². The molecule has 0 bridgehead atoms. The van der Waals surface area contributed by atoms with Crippen LogP contribution in [0.2, 0.25) is 0 Å². The van der Waals surface area contributed by atoms with E-state index in [1.807, 2.05) is 6.07 Å². The molecular formula is C11H10N6O2. The zero-order chi connectivity index (χ0) is 13.8. The van der Waals surface area contributed by atoms with Crippen LogP contribution in [0.15, 0.2) is 28.9 Å². The highest BCUT2D eigenvalue weighted by Crippen LogP contribution is 2.18. The maximum absolute atomic E-state index is 9.94. The van der Waals surface area contributed by atoms with E-state index in [2.05, 4.69) is 14.9 Å². The Kier molecular flexibility index (Phi) is 3.40. The summed E-state index contributed by atoms with van der Waals surface area (Å²) in [4.78, 5) is 0. The van der Waals surface area contributed by atoms with Crippen LogP contribution in [-0.2, 0) is 6.42 Å². The maximum Gasteiger partial charge on any atom is 0.199 e. The number of hydroxylamine groups is 1. The van der Waals surface area contributed by atoms with E-state index in [-0.39, 0.29) is 23.8 Å². The van der Waals surface area contributed by atoms with Gasteiger partial charge in [-0.15, -0.1) is 0 Å². The molecule has 0 saturated heterocycles. The summed E-state index contributed by atoms with van der Waals surface area (Å²) in [5.41, 5.74) is 6.42. The summed E-state index contributed by atoms with van der Waals surface area (Å²) in [5, 5.41) is 33.7. The zero-order valence-corrected chi connectivity index (χ0v) is 9.74. The molecule has 0 atom stereocenters. The van der Waals surface area contributed by atoms with Gasteiger partial charge in [0.05, 0.1) is 18.2 Å². The SMILES string of the molecule is N#CCc1cccc(N(O)C(=N)c2nonc2N)c1. The highest BCUT2D eigenvalue weighted by atomic mass is 16.6. The van der Waals surface area contributed by atoms with Crippen LogP contribution in [-0.4, -0.2) is 21.4 Å². The topological polar surface area (TPSA) is 136 Å². The number of amidine groups is 1. The first-order chi connectivity index (χ1) is 9.13. The molecule has 96 valence electrons. The summed E-state index contributed by atoms with van der Waals surface area (Å²) in [6, 6.07) is 8.59. The minimum absolute atomic E-state index is 0.0619. The van der Waals surface area contributed by atoms with E-state index < -0.39 is 0 Å². The molecule has 0 aliphatic carbocycles. The van der Waals surface area contributed by atoms with E-state index >= 15 is 0 Å². The maximum atomic E-state index is 9.94. The highest BCUT2D eigenvalue weighted by Gasteiger charge is 2.19. The summed E-state index contributed by atoms with van der Waals surface area (Å²) >= 11 is 0. The lowest BCUT2D eigenvalue weighted by Gasteiger charge is -2.16. The molecule has 0 spiro atoms. The average Bonchev–Trinajstić information content (AvgIpc) is 2.84. The van der Waals surface area contributed by atoms with E-state index in [1.165, 1.54) is 0 Å². The van der Waals surface area contributed by atoms with Gasteiger partial charge >= 0.3 is 0 Å². The Bertz CT molecular complexity index is 645. The molecule has 0 aliphatic heterocycles. The molecule has 8 nitrogen and oxygen atoms in total. The fourth-order valence-electron chi connectivity index (χ4n) is 1.48. The molecule has 1 aromatic carbocycles. The molecule has 19 heavy (non-hydrogen) atoms. The van der Waals surface area contributed by atoms with E-state index in [0.29, 0.717) is 10.8 Å². The summed E-state index contributed by atoms with van der Waals surface area (Å²) in [5.74, 6) is -0.454. The average molecular weight is 258 g/mol. The first-order valence-electron chi connectivity index (χ1n) is 5.25. The molecule has 0 saturated carbocycles. The Hall–Kier alpha value is -2.92. The van der Waals surface area contributed by atoms with Crippen LogP contribution in [0, 0.1) is 16.7 Å². The number of hydrogen-bond donors (Lipinski definition) is 3.